The van der Waals surface area contributed by atoms with Gasteiger partial charge in [0.15, 0.2) is 0 Å². The molecule has 0 aromatic heterocycles. The van der Waals surface area contributed by atoms with Crippen LogP contribution in [0.1, 0.15) is 6.92 Å². The van der Waals surface area contributed by atoms with Gasteiger partial charge in [-0.25, -0.2) is 0 Å². The van der Waals surface area contributed by atoms with Crippen LogP contribution in [-0.4, -0.2) is 31.0 Å². The average molecular weight is 212 g/mol. The van der Waals surface area contributed by atoms with Gasteiger partial charge in [0.2, 0.25) is 0 Å². The second kappa shape index (κ2) is 43.2. The SMILES string of the molecule is C=C(C)OC[CH2-].CO.CO.[CH3-].[Ti+2]. The van der Waals surface area contributed by atoms with Crippen LogP contribution < -0.4 is 0 Å². The molecular formula is C8H20O3Ti. The summed E-state index contributed by atoms with van der Waals surface area (Å²) in [6.07, 6.45) is 0. The molecule has 0 radical (unpaired) electrons. The Balaban J connectivity index is -0.0000000241. The molecule has 0 saturated heterocycles. The van der Waals surface area contributed by atoms with Crippen molar-refractivity contribution in [2.45, 2.75) is 6.92 Å². The van der Waals surface area contributed by atoms with E-state index < -0.39 is 0 Å². The van der Waals surface area contributed by atoms with Gasteiger partial charge in [-0.3, -0.25) is 0 Å². The van der Waals surface area contributed by atoms with E-state index in [1.165, 1.54) is 0 Å². The van der Waals surface area contributed by atoms with E-state index in [2.05, 4.69) is 13.5 Å². The summed E-state index contributed by atoms with van der Waals surface area (Å²) in [7, 11) is 2.00. The van der Waals surface area contributed by atoms with E-state index in [0.717, 1.165) is 20.0 Å². The predicted molar refractivity (Wildman–Crippen MR) is 48.8 cm³/mol. The molecule has 0 bridgehead atoms. The van der Waals surface area contributed by atoms with Gasteiger partial charge in [-0.2, -0.15) is 0 Å². The van der Waals surface area contributed by atoms with Crippen molar-refractivity contribution < 1.29 is 36.7 Å². The quantitative estimate of drug-likeness (QED) is 0.408. The summed E-state index contributed by atoms with van der Waals surface area (Å²) in [5.41, 5.74) is 0. The number of allylic oxidation sites excluding steroid dienone is 1. The average Bonchev–Trinajstić information content (AvgIpc) is 1.96. The zero-order valence-corrected chi connectivity index (χ0v) is 9.99. The molecule has 0 aromatic rings. The van der Waals surface area contributed by atoms with E-state index in [1.54, 1.807) is 6.92 Å². The van der Waals surface area contributed by atoms with Gasteiger partial charge in [-0.1, -0.05) is 6.58 Å². The van der Waals surface area contributed by atoms with Gasteiger partial charge < -0.3 is 29.3 Å². The van der Waals surface area contributed by atoms with E-state index in [0.29, 0.717) is 6.61 Å². The van der Waals surface area contributed by atoms with Crippen molar-refractivity contribution in [3.8, 4) is 0 Å². The fourth-order valence-corrected chi connectivity index (χ4v) is 0.174. The molecule has 0 unspecified atom stereocenters. The van der Waals surface area contributed by atoms with E-state index in [9.17, 15) is 0 Å². The van der Waals surface area contributed by atoms with Crippen LogP contribution in [0.4, 0.5) is 0 Å². The maximum atomic E-state index is 7.00. The Kier molecular flexibility index (Phi) is 106. The van der Waals surface area contributed by atoms with Crippen LogP contribution in [0.2, 0.25) is 0 Å². The number of hydrogen-bond donors (Lipinski definition) is 2. The van der Waals surface area contributed by atoms with Gasteiger partial charge in [0, 0.05) is 14.2 Å². The number of rotatable bonds is 2. The Morgan fingerprint density at radius 3 is 1.58 bits per heavy atom. The fourth-order valence-electron chi connectivity index (χ4n) is 0.174. The molecule has 0 saturated carbocycles. The maximum Gasteiger partial charge on any atom is 2.00 e. The molecule has 12 heavy (non-hydrogen) atoms. The Labute approximate surface area is 91.3 Å². The Morgan fingerprint density at radius 2 is 1.58 bits per heavy atom. The van der Waals surface area contributed by atoms with Crippen LogP contribution in [0, 0.1) is 14.4 Å². The first-order chi connectivity index (χ1) is 4.77. The molecule has 0 aliphatic carbocycles. The first-order valence-electron chi connectivity index (χ1n) is 2.74. The smallest absolute Gasteiger partial charge is 0.531 e. The van der Waals surface area contributed by atoms with Crippen molar-refractivity contribution in [2.24, 2.45) is 0 Å². The summed E-state index contributed by atoms with van der Waals surface area (Å²) in [6.45, 7) is 9.20. The summed E-state index contributed by atoms with van der Waals surface area (Å²) < 4.78 is 4.74. The van der Waals surface area contributed by atoms with E-state index >= 15 is 0 Å². The van der Waals surface area contributed by atoms with Crippen molar-refractivity contribution in [1.29, 1.82) is 0 Å². The molecule has 0 amide bonds. The van der Waals surface area contributed by atoms with Crippen molar-refractivity contribution in [3.05, 3.63) is 26.7 Å². The molecule has 0 rings (SSSR count). The molecule has 0 heterocycles. The molecular weight excluding hydrogens is 192 g/mol. The summed E-state index contributed by atoms with van der Waals surface area (Å²) in [5, 5.41) is 14.0. The minimum atomic E-state index is 0. The Morgan fingerprint density at radius 1 is 1.33 bits per heavy atom. The molecule has 0 fully saturated rings. The monoisotopic (exact) mass is 212 g/mol. The van der Waals surface area contributed by atoms with E-state index in [-0.39, 0.29) is 29.1 Å². The van der Waals surface area contributed by atoms with Crippen molar-refractivity contribution in [2.75, 3.05) is 20.8 Å². The topological polar surface area (TPSA) is 49.7 Å². The summed E-state index contributed by atoms with van der Waals surface area (Å²) in [5.74, 6) is 0.727. The second-order valence-corrected chi connectivity index (χ2v) is 1.05. The van der Waals surface area contributed by atoms with Gasteiger partial charge in [0.05, 0.1) is 5.76 Å². The van der Waals surface area contributed by atoms with Gasteiger partial charge in [-0.05, 0) is 13.5 Å². The third-order valence-corrected chi connectivity index (χ3v) is 0.348. The minimum absolute atomic E-state index is 0. The van der Waals surface area contributed by atoms with Crippen molar-refractivity contribution >= 4 is 0 Å². The normalized spacial score (nSPS) is 4.83. The standard InChI is InChI=1S/C5H9O.2CH4O.CH3.Ti/c1-4-6-5(2)3;2*1-2;;/h1-2,4H2,3H3;2*2H,1H3;1H3;/q-1;;;-1;+2. The van der Waals surface area contributed by atoms with Crippen LogP contribution >= 0.6 is 0 Å². The van der Waals surface area contributed by atoms with E-state index in [1.807, 2.05) is 0 Å². The van der Waals surface area contributed by atoms with Crippen LogP contribution in [-0.2, 0) is 26.5 Å². The third kappa shape index (κ3) is 85.0. The largest absolute Gasteiger partial charge is 2.00 e. The molecule has 3 nitrogen and oxygen atoms in total. The van der Waals surface area contributed by atoms with Crippen LogP contribution in [0.5, 0.6) is 0 Å². The fraction of sp³-hybridized carbons (Fsp3) is 0.500. The summed E-state index contributed by atoms with van der Waals surface area (Å²) in [6, 6.07) is 0. The van der Waals surface area contributed by atoms with Crippen molar-refractivity contribution in [1.82, 2.24) is 0 Å². The van der Waals surface area contributed by atoms with Crippen LogP contribution in [0.15, 0.2) is 12.3 Å². The number of aliphatic hydroxyl groups excluding tert-OH is 2. The number of ether oxygens (including phenoxy) is 1. The molecule has 0 aromatic carbocycles. The molecule has 0 spiro atoms. The summed E-state index contributed by atoms with van der Waals surface area (Å²) in [4.78, 5) is 0. The van der Waals surface area contributed by atoms with E-state index in [4.69, 9.17) is 14.9 Å². The molecule has 74 valence electrons. The minimum Gasteiger partial charge on any atom is -0.531 e. The molecule has 0 atom stereocenters. The van der Waals surface area contributed by atoms with Crippen LogP contribution in [0.25, 0.3) is 0 Å². The Hall–Kier alpha value is 0.174. The second-order valence-electron chi connectivity index (χ2n) is 1.05. The molecule has 4 heteroatoms. The van der Waals surface area contributed by atoms with Gasteiger partial charge >= 0.3 is 21.7 Å². The van der Waals surface area contributed by atoms with Crippen LogP contribution in [0.3, 0.4) is 0 Å². The predicted octanol–water partition coefficient (Wildman–Crippen LogP) is 1.04. The molecule has 0 aliphatic heterocycles. The summed E-state index contributed by atoms with van der Waals surface area (Å²) >= 11 is 0. The van der Waals surface area contributed by atoms with Gasteiger partial charge in [0.1, 0.15) is 0 Å². The van der Waals surface area contributed by atoms with Gasteiger partial charge in [-0.15, -0.1) is 0 Å². The molecule has 2 N–H and O–H groups in total. The Bertz CT molecular complexity index is 58.3. The number of aliphatic hydroxyl groups is 2. The first kappa shape index (κ1) is 29.5. The maximum absolute atomic E-state index is 7.00. The van der Waals surface area contributed by atoms with Crippen molar-refractivity contribution in [3.63, 3.8) is 0 Å². The molecule has 0 aliphatic rings. The zero-order valence-electron chi connectivity index (χ0n) is 8.42. The zero-order chi connectivity index (χ0) is 8.99. The van der Waals surface area contributed by atoms with Gasteiger partial charge in [0.25, 0.3) is 0 Å². The third-order valence-electron chi connectivity index (χ3n) is 0.348. The first-order valence-corrected chi connectivity index (χ1v) is 2.74. The number of hydrogen-bond acceptors (Lipinski definition) is 3.